The molecule has 0 radical (unpaired) electrons. The predicted molar refractivity (Wildman–Crippen MR) is 72.0 cm³/mol. The largest absolute Gasteiger partial charge is 0.508 e. The number of aromatic hydroxyl groups is 5. The van der Waals surface area contributed by atoms with E-state index in [0.29, 0.717) is 12.6 Å². The van der Waals surface area contributed by atoms with Crippen LogP contribution in [0, 0.1) is 0 Å². The van der Waals surface area contributed by atoms with Crippen molar-refractivity contribution in [3.8, 4) is 28.7 Å². The maximum absolute atomic E-state index is 10.1. The van der Waals surface area contributed by atoms with Crippen LogP contribution < -0.4 is 0 Å². The molecule has 0 atom stereocenters. The van der Waals surface area contributed by atoms with Gasteiger partial charge in [-0.2, -0.15) is 0 Å². The van der Waals surface area contributed by atoms with E-state index in [2.05, 4.69) is 0 Å². The van der Waals surface area contributed by atoms with Crippen LogP contribution in [0.2, 0.25) is 0 Å². The van der Waals surface area contributed by atoms with Gasteiger partial charge in [0.2, 0.25) is 5.75 Å². The van der Waals surface area contributed by atoms with E-state index in [-0.39, 0.29) is 22.6 Å². The maximum Gasteiger partial charge on any atom is 0.201 e. The Morgan fingerprint density at radius 1 is 0.714 bits per heavy atom. The molecule has 0 saturated heterocycles. The Kier molecular flexibility index (Phi) is 5.13. The first-order valence-electron chi connectivity index (χ1n) is 5.56. The van der Waals surface area contributed by atoms with Gasteiger partial charge in [0.25, 0.3) is 0 Å². The van der Waals surface area contributed by atoms with Gasteiger partial charge in [0, 0.05) is 11.6 Å². The Balaban J connectivity index is 0.000000211. The summed E-state index contributed by atoms with van der Waals surface area (Å²) in [5.41, 5.74) is 0.206. The van der Waals surface area contributed by atoms with Crippen molar-refractivity contribution in [1.82, 2.24) is 0 Å². The fourth-order valence-corrected chi connectivity index (χ4v) is 1.37. The highest BCUT2D eigenvalue weighted by Gasteiger charge is 2.09. The molecule has 2 aromatic rings. The Labute approximate surface area is 119 Å². The Bertz CT molecular complexity index is 644. The summed E-state index contributed by atoms with van der Waals surface area (Å²) < 4.78 is 0. The molecule has 0 amide bonds. The molecule has 0 spiro atoms. The molecule has 0 bridgehead atoms. The highest BCUT2D eigenvalue weighted by molar-refractivity contribution is 5.81. The third-order valence-electron chi connectivity index (χ3n) is 2.35. The molecule has 110 valence electrons. The lowest BCUT2D eigenvalue weighted by Gasteiger charge is -2.00. The number of carbonyl (C=O) groups is 2. The van der Waals surface area contributed by atoms with E-state index in [1.807, 2.05) is 0 Å². The minimum absolute atomic E-state index is 0.0553. The molecule has 0 fully saturated rings. The minimum atomic E-state index is -0.672. The quantitative estimate of drug-likeness (QED) is 0.418. The minimum Gasteiger partial charge on any atom is -0.508 e. The average Bonchev–Trinajstić information content (AvgIpc) is 2.45. The van der Waals surface area contributed by atoms with E-state index in [1.165, 1.54) is 18.2 Å². The number of phenolic OH excluding ortho intramolecular Hbond substituents is 5. The molecule has 0 aliphatic heterocycles. The number of carbonyl (C=O) groups excluding carboxylic acids is 2. The highest BCUT2D eigenvalue weighted by Crippen LogP contribution is 2.35. The Morgan fingerprint density at radius 3 is 1.76 bits per heavy atom. The van der Waals surface area contributed by atoms with Crippen LogP contribution in [0.5, 0.6) is 28.7 Å². The van der Waals surface area contributed by atoms with Crippen molar-refractivity contribution in [2.75, 3.05) is 0 Å². The van der Waals surface area contributed by atoms with Crippen LogP contribution in [0.15, 0.2) is 30.3 Å². The van der Waals surface area contributed by atoms with E-state index in [4.69, 9.17) is 25.5 Å². The summed E-state index contributed by atoms with van der Waals surface area (Å²) in [5.74, 6) is -1.94. The van der Waals surface area contributed by atoms with Gasteiger partial charge in [-0.3, -0.25) is 9.59 Å². The summed E-state index contributed by atoms with van der Waals surface area (Å²) in [4.78, 5) is 20.2. The molecular formula is C14H12O7. The normalized spacial score (nSPS) is 9.33. The fourth-order valence-electron chi connectivity index (χ4n) is 1.37. The summed E-state index contributed by atoms with van der Waals surface area (Å²) >= 11 is 0. The summed E-state index contributed by atoms with van der Waals surface area (Å²) in [7, 11) is 0. The Hall–Kier alpha value is -3.22. The molecule has 2 aromatic carbocycles. The smallest absolute Gasteiger partial charge is 0.201 e. The maximum atomic E-state index is 10.1. The first-order chi connectivity index (χ1) is 9.88. The van der Waals surface area contributed by atoms with E-state index in [9.17, 15) is 9.59 Å². The SMILES string of the molecule is O=Cc1cc(O)cc(O)c1.O=Cc1ccc(O)c(O)c1O. The second kappa shape index (κ2) is 6.80. The van der Waals surface area contributed by atoms with Crippen molar-refractivity contribution in [2.45, 2.75) is 0 Å². The van der Waals surface area contributed by atoms with Crippen molar-refractivity contribution in [3.05, 3.63) is 41.5 Å². The molecule has 0 aliphatic carbocycles. The van der Waals surface area contributed by atoms with Crippen LogP contribution in [0.3, 0.4) is 0 Å². The van der Waals surface area contributed by atoms with E-state index in [1.54, 1.807) is 0 Å². The summed E-state index contributed by atoms with van der Waals surface area (Å²) in [6.07, 6.45) is 0.938. The monoisotopic (exact) mass is 292 g/mol. The molecule has 0 heterocycles. The van der Waals surface area contributed by atoms with Gasteiger partial charge < -0.3 is 25.5 Å². The van der Waals surface area contributed by atoms with Gasteiger partial charge in [-0.05, 0) is 24.3 Å². The fraction of sp³-hybridized carbons (Fsp3) is 0. The van der Waals surface area contributed by atoms with Gasteiger partial charge in [0.1, 0.15) is 17.8 Å². The van der Waals surface area contributed by atoms with E-state index in [0.717, 1.165) is 12.1 Å². The molecule has 0 aliphatic rings. The molecule has 7 heteroatoms. The first kappa shape index (κ1) is 15.8. The second-order valence-corrected chi connectivity index (χ2v) is 3.89. The predicted octanol–water partition coefficient (Wildman–Crippen LogP) is 1.53. The van der Waals surface area contributed by atoms with Crippen LogP contribution in [-0.2, 0) is 0 Å². The van der Waals surface area contributed by atoms with Gasteiger partial charge in [-0.1, -0.05) is 0 Å². The molecule has 0 aromatic heterocycles. The van der Waals surface area contributed by atoms with Crippen LogP contribution in [0.1, 0.15) is 20.7 Å². The molecular weight excluding hydrogens is 280 g/mol. The zero-order valence-electron chi connectivity index (χ0n) is 10.6. The van der Waals surface area contributed by atoms with Crippen molar-refractivity contribution < 1.29 is 35.1 Å². The molecule has 0 unspecified atom stereocenters. The van der Waals surface area contributed by atoms with Gasteiger partial charge in [-0.25, -0.2) is 0 Å². The summed E-state index contributed by atoms with van der Waals surface area (Å²) in [5, 5.41) is 44.2. The van der Waals surface area contributed by atoms with Crippen LogP contribution in [-0.4, -0.2) is 38.1 Å². The lowest BCUT2D eigenvalue weighted by Crippen LogP contribution is -1.81. The standard InChI is InChI=1S/C7H6O4.C7H6O3/c8-3-4-1-2-5(9)7(11)6(4)10;8-4-5-1-6(9)3-7(10)2-5/h1-3,9-11H;1-4,9-10H. The van der Waals surface area contributed by atoms with Gasteiger partial charge in [0.15, 0.2) is 17.8 Å². The first-order valence-corrected chi connectivity index (χ1v) is 5.56. The number of hydrogen-bond donors (Lipinski definition) is 5. The molecule has 0 saturated carbocycles. The van der Waals surface area contributed by atoms with Crippen molar-refractivity contribution >= 4 is 12.6 Å². The summed E-state index contributed by atoms with van der Waals surface area (Å²) in [6.45, 7) is 0. The molecule has 7 nitrogen and oxygen atoms in total. The van der Waals surface area contributed by atoms with E-state index < -0.39 is 17.2 Å². The van der Waals surface area contributed by atoms with Gasteiger partial charge in [-0.15, -0.1) is 0 Å². The second-order valence-electron chi connectivity index (χ2n) is 3.89. The number of aldehydes is 2. The third-order valence-corrected chi connectivity index (χ3v) is 2.35. The van der Waals surface area contributed by atoms with Crippen LogP contribution >= 0.6 is 0 Å². The number of phenols is 5. The third kappa shape index (κ3) is 4.13. The zero-order valence-corrected chi connectivity index (χ0v) is 10.6. The van der Waals surface area contributed by atoms with Gasteiger partial charge in [0.05, 0.1) is 5.56 Å². The van der Waals surface area contributed by atoms with Crippen molar-refractivity contribution in [3.63, 3.8) is 0 Å². The number of benzene rings is 2. The zero-order chi connectivity index (χ0) is 16.0. The molecule has 21 heavy (non-hydrogen) atoms. The number of rotatable bonds is 2. The average molecular weight is 292 g/mol. The van der Waals surface area contributed by atoms with Crippen molar-refractivity contribution in [2.24, 2.45) is 0 Å². The number of hydrogen-bond acceptors (Lipinski definition) is 7. The van der Waals surface area contributed by atoms with E-state index >= 15 is 0 Å². The molecule has 5 N–H and O–H groups in total. The lowest BCUT2D eigenvalue weighted by molar-refractivity contribution is 0.111. The van der Waals surface area contributed by atoms with Crippen molar-refractivity contribution in [1.29, 1.82) is 0 Å². The Morgan fingerprint density at radius 2 is 1.29 bits per heavy atom. The lowest BCUT2D eigenvalue weighted by atomic mass is 10.2. The topological polar surface area (TPSA) is 135 Å². The summed E-state index contributed by atoms with van der Waals surface area (Å²) in [6, 6.07) is 6.03. The molecule has 2 rings (SSSR count). The van der Waals surface area contributed by atoms with Crippen LogP contribution in [0.4, 0.5) is 0 Å². The van der Waals surface area contributed by atoms with Crippen LogP contribution in [0.25, 0.3) is 0 Å². The van der Waals surface area contributed by atoms with Gasteiger partial charge >= 0.3 is 0 Å². The highest BCUT2D eigenvalue weighted by atomic mass is 16.3.